The molecule has 0 amide bonds. The van der Waals surface area contributed by atoms with Crippen LogP contribution in [0.15, 0.2) is 24.7 Å². The number of hydrogen-bond acceptors (Lipinski definition) is 7. The van der Waals surface area contributed by atoms with Crippen molar-refractivity contribution in [3.63, 3.8) is 0 Å². The molecule has 0 bridgehead atoms. The first-order valence-electron chi connectivity index (χ1n) is 9.67. The fraction of sp³-hybridized carbons (Fsp3) is 0.350. The molecule has 3 heterocycles. The van der Waals surface area contributed by atoms with Gasteiger partial charge in [-0.25, -0.2) is 18.7 Å². The normalized spacial score (nSPS) is 16.2. The summed E-state index contributed by atoms with van der Waals surface area (Å²) in [6, 6.07) is 2.42. The van der Waals surface area contributed by atoms with E-state index in [1.54, 1.807) is 0 Å². The summed E-state index contributed by atoms with van der Waals surface area (Å²) in [5, 5.41) is 3.64. The topological polar surface area (TPSA) is 91.9 Å². The number of carbonyl (C=O) groups excluding carboxylic acids is 1. The van der Waals surface area contributed by atoms with Crippen molar-refractivity contribution in [1.82, 2.24) is 15.0 Å². The van der Waals surface area contributed by atoms with Crippen LogP contribution in [0.2, 0.25) is 0 Å². The summed E-state index contributed by atoms with van der Waals surface area (Å²) >= 11 is 1.30. The number of nitrogens with one attached hydrogen (secondary N) is 3. The maximum atomic E-state index is 15.0. The highest BCUT2D eigenvalue weighted by atomic mass is 32.2. The number of anilines is 2. The number of fused-ring (bicyclic) bond motifs is 1. The van der Waals surface area contributed by atoms with Crippen LogP contribution in [0.1, 0.15) is 35.7 Å². The molecule has 30 heavy (non-hydrogen) atoms. The van der Waals surface area contributed by atoms with Crippen LogP contribution in [0.3, 0.4) is 0 Å². The Balaban J connectivity index is 1.72. The number of nitrogens with zero attached hydrogens (tertiary/aromatic N) is 2. The Bertz CT molecular complexity index is 1070. The number of carbonyl (C=O) groups is 1. The third kappa shape index (κ3) is 3.97. The van der Waals surface area contributed by atoms with Crippen molar-refractivity contribution in [2.45, 2.75) is 25.8 Å². The van der Waals surface area contributed by atoms with E-state index in [9.17, 15) is 9.18 Å². The van der Waals surface area contributed by atoms with Gasteiger partial charge in [-0.3, -0.25) is 4.79 Å². The van der Waals surface area contributed by atoms with Crippen LogP contribution >= 0.6 is 11.9 Å². The lowest BCUT2D eigenvalue weighted by Crippen LogP contribution is -2.20. The Morgan fingerprint density at radius 1 is 1.37 bits per heavy atom. The third-order valence-electron chi connectivity index (χ3n) is 4.79. The maximum Gasteiger partial charge on any atom is 0.201 e. The molecular weight excluding hydrogens is 412 g/mol. The maximum absolute atomic E-state index is 15.0. The first kappa shape index (κ1) is 20.5. The molecule has 0 aliphatic carbocycles. The van der Waals surface area contributed by atoms with Crippen LogP contribution in [0.4, 0.5) is 20.3 Å². The molecule has 10 heteroatoms. The van der Waals surface area contributed by atoms with E-state index in [4.69, 9.17) is 4.74 Å². The quantitative estimate of drug-likeness (QED) is 0.279. The van der Waals surface area contributed by atoms with E-state index in [2.05, 4.69) is 25.0 Å². The minimum atomic E-state index is -0.923. The molecule has 7 nitrogen and oxygen atoms in total. The number of hydrogen-bond donors (Lipinski definition) is 3. The van der Waals surface area contributed by atoms with Crippen LogP contribution in [-0.4, -0.2) is 45.7 Å². The van der Waals surface area contributed by atoms with Gasteiger partial charge in [0.2, 0.25) is 5.78 Å². The number of rotatable bonds is 8. The van der Waals surface area contributed by atoms with Crippen molar-refractivity contribution in [2.75, 3.05) is 29.0 Å². The number of H-pyrrole nitrogens is 1. The average molecular weight is 433 g/mol. The first-order valence-corrected chi connectivity index (χ1v) is 10.7. The molecule has 0 radical (unpaired) electrons. The van der Waals surface area contributed by atoms with Gasteiger partial charge in [0.05, 0.1) is 34.8 Å². The van der Waals surface area contributed by atoms with Crippen LogP contribution in [0, 0.1) is 11.6 Å². The van der Waals surface area contributed by atoms with Gasteiger partial charge in [-0.1, -0.05) is 18.9 Å². The van der Waals surface area contributed by atoms with Crippen molar-refractivity contribution < 1.29 is 18.3 Å². The van der Waals surface area contributed by atoms with Crippen molar-refractivity contribution in [3.8, 4) is 0 Å². The van der Waals surface area contributed by atoms with Gasteiger partial charge in [0.25, 0.3) is 0 Å². The monoisotopic (exact) mass is 433 g/mol. The molecular formula is C20H21F2N5O2S. The fourth-order valence-electron chi connectivity index (χ4n) is 3.30. The number of ether oxygens (including phenoxy) is 1. The van der Waals surface area contributed by atoms with Crippen LogP contribution in [-0.2, 0) is 4.74 Å². The van der Waals surface area contributed by atoms with Gasteiger partial charge in [-0.2, -0.15) is 0 Å². The molecule has 1 fully saturated rings. The SMILES string of the molecule is CCCSNc1ccc(F)c(C(=O)c2c[nH]c3ncnc(NC4CCOC4)c23)c1F. The molecule has 4 rings (SSSR count). The second kappa shape index (κ2) is 8.97. The number of aromatic amines is 1. The third-order valence-corrected chi connectivity index (χ3v) is 5.77. The fourth-order valence-corrected chi connectivity index (χ4v) is 3.92. The van der Waals surface area contributed by atoms with E-state index in [0.29, 0.717) is 30.1 Å². The highest BCUT2D eigenvalue weighted by Gasteiger charge is 2.27. The van der Waals surface area contributed by atoms with E-state index in [0.717, 1.165) is 24.7 Å². The van der Waals surface area contributed by atoms with Gasteiger partial charge < -0.3 is 19.8 Å². The molecule has 3 aromatic rings. The van der Waals surface area contributed by atoms with Crippen LogP contribution < -0.4 is 10.0 Å². The van der Waals surface area contributed by atoms with Gasteiger partial charge >= 0.3 is 0 Å². The molecule has 1 aliphatic rings. The van der Waals surface area contributed by atoms with E-state index in [1.807, 2.05) is 6.92 Å². The predicted molar refractivity (Wildman–Crippen MR) is 113 cm³/mol. The highest BCUT2D eigenvalue weighted by Crippen LogP contribution is 2.30. The second-order valence-electron chi connectivity index (χ2n) is 6.92. The average Bonchev–Trinajstić information content (AvgIpc) is 3.40. The Labute approximate surface area is 176 Å². The summed E-state index contributed by atoms with van der Waals surface area (Å²) in [6.07, 6.45) is 4.46. The Kier molecular flexibility index (Phi) is 6.14. The van der Waals surface area contributed by atoms with Crippen molar-refractivity contribution in [3.05, 3.63) is 47.4 Å². The van der Waals surface area contributed by atoms with E-state index < -0.39 is 23.0 Å². The van der Waals surface area contributed by atoms with Gasteiger partial charge in [-0.15, -0.1) is 0 Å². The molecule has 3 N–H and O–H groups in total. The molecule has 1 aliphatic heterocycles. The zero-order valence-electron chi connectivity index (χ0n) is 16.3. The minimum absolute atomic E-state index is 0.0394. The van der Waals surface area contributed by atoms with Crippen LogP contribution in [0.25, 0.3) is 11.0 Å². The molecule has 1 atom stereocenters. The lowest BCUT2D eigenvalue weighted by Gasteiger charge is -2.13. The summed E-state index contributed by atoms with van der Waals surface area (Å²) in [5.74, 6) is -1.45. The molecule has 1 unspecified atom stereocenters. The number of halogens is 2. The van der Waals surface area contributed by atoms with Crippen molar-refractivity contribution in [2.24, 2.45) is 0 Å². The van der Waals surface area contributed by atoms with Gasteiger partial charge in [0.15, 0.2) is 5.82 Å². The summed E-state index contributed by atoms with van der Waals surface area (Å²) in [7, 11) is 0. The minimum Gasteiger partial charge on any atom is -0.379 e. The summed E-state index contributed by atoms with van der Waals surface area (Å²) in [4.78, 5) is 24.5. The molecule has 0 saturated carbocycles. The van der Waals surface area contributed by atoms with Crippen LogP contribution in [0.5, 0.6) is 0 Å². The number of ketones is 1. The van der Waals surface area contributed by atoms with Crippen molar-refractivity contribution >= 4 is 40.3 Å². The second-order valence-corrected chi connectivity index (χ2v) is 7.82. The van der Waals surface area contributed by atoms with E-state index in [1.165, 1.54) is 30.5 Å². The molecule has 158 valence electrons. The summed E-state index contributed by atoms with van der Waals surface area (Å²) < 4.78 is 37.7. The zero-order valence-corrected chi connectivity index (χ0v) is 17.1. The standard InChI is InChI=1S/C20H21F2N5O2S/c1-2-7-30-27-14-4-3-13(21)16(17(14)22)18(28)12-8-23-19-15(12)20(25-10-24-19)26-11-5-6-29-9-11/h3-4,8,10-11,27H,2,5-7,9H2,1H3,(H2,23,24,25,26). The van der Waals surface area contributed by atoms with E-state index >= 15 is 4.39 Å². The molecule has 2 aromatic heterocycles. The number of benzene rings is 1. The molecule has 1 aromatic carbocycles. The molecule has 1 saturated heterocycles. The lowest BCUT2D eigenvalue weighted by atomic mass is 10.0. The van der Waals surface area contributed by atoms with Gasteiger partial charge in [0.1, 0.15) is 23.6 Å². The lowest BCUT2D eigenvalue weighted by molar-refractivity contribution is 0.103. The summed E-state index contributed by atoms with van der Waals surface area (Å²) in [6.45, 7) is 3.15. The summed E-state index contributed by atoms with van der Waals surface area (Å²) in [5.41, 5.74) is -0.0423. The molecule has 0 spiro atoms. The Morgan fingerprint density at radius 3 is 3.00 bits per heavy atom. The largest absolute Gasteiger partial charge is 0.379 e. The predicted octanol–water partition coefficient (Wildman–Crippen LogP) is 4.14. The number of aromatic nitrogens is 3. The van der Waals surface area contributed by atoms with Crippen molar-refractivity contribution in [1.29, 1.82) is 0 Å². The first-order chi connectivity index (χ1) is 14.6. The van der Waals surface area contributed by atoms with E-state index in [-0.39, 0.29) is 17.3 Å². The zero-order chi connectivity index (χ0) is 21.1. The van der Waals surface area contributed by atoms with Gasteiger partial charge in [0, 0.05) is 18.6 Å². The van der Waals surface area contributed by atoms with Gasteiger partial charge in [-0.05, 0) is 25.0 Å². The smallest absolute Gasteiger partial charge is 0.201 e. The Morgan fingerprint density at radius 2 is 2.23 bits per heavy atom. The highest BCUT2D eigenvalue weighted by molar-refractivity contribution is 8.00. The Hall–Kier alpha value is -2.72.